The van der Waals surface area contributed by atoms with E-state index < -0.39 is 0 Å². The van der Waals surface area contributed by atoms with Gasteiger partial charge in [-0.1, -0.05) is 49.8 Å². The van der Waals surface area contributed by atoms with Crippen molar-refractivity contribution in [3.63, 3.8) is 0 Å². The van der Waals surface area contributed by atoms with Crippen molar-refractivity contribution in [3.8, 4) is 0 Å². The topological polar surface area (TPSA) is 0 Å². The Labute approximate surface area is 75.7 Å². The first-order chi connectivity index (χ1) is 5.84. The van der Waals surface area contributed by atoms with E-state index in [4.69, 9.17) is 0 Å². The van der Waals surface area contributed by atoms with Gasteiger partial charge in [-0.15, -0.1) is 0 Å². The third-order valence-electron chi connectivity index (χ3n) is 2.36. The smallest absolute Gasteiger partial charge is 0.00118 e. The van der Waals surface area contributed by atoms with E-state index in [0.29, 0.717) is 5.92 Å². The second-order valence-electron chi connectivity index (χ2n) is 3.42. The molecule has 0 N–H and O–H groups in total. The van der Waals surface area contributed by atoms with E-state index in [1.165, 1.54) is 24.8 Å². The predicted octanol–water partition coefficient (Wildman–Crippen LogP) is 3.87. The number of unbranched alkanes of at least 4 members (excludes halogenated alkanes) is 1. The van der Waals surface area contributed by atoms with Crippen molar-refractivity contribution in [1.82, 2.24) is 0 Å². The third-order valence-corrected chi connectivity index (χ3v) is 2.36. The van der Waals surface area contributed by atoms with Gasteiger partial charge in [0.05, 0.1) is 0 Å². The van der Waals surface area contributed by atoms with Gasteiger partial charge in [-0.05, 0) is 19.3 Å². The van der Waals surface area contributed by atoms with E-state index in [0.717, 1.165) is 6.42 Å². The maximum atomic E-state index is 4.13. The van der Waals surface area contributed by atoms with Crippen molar-refractivity contribution in [2.45, 2.75) is 32.6 Å². The Morgan fingerprint density at radius 2 is 2.33 bits per heavy atom. The van der Waals surface area contributed by atoms with Crippen molar-refractivity contribution in [3.05, 3.63) is 36.5 Å². The second kappa shape index (κ2) is 4.97. The Balaban J connectivity index is 2.32. The zero-order chi connectivity index (χ0) is 8.81. The minimum Gasteiger partial charge on any atom is -0.0993 e. The second-order valence-corrected chi connectivity index (χ2v) is 3.42. The zero-order valence-corrected chi connectivity index (χ0v) is 7.92. The molecular formula is C12H18. The molecule has 1 aliphatic rings. The van der Waals surface area contributed by atoms with Crippen LogP contribution in [0.5, 0.6) is 0 Å². The fraction of sp³-hybridized carbons (Fsp3) is 0.500. The molecule has 1 atom stereocenters. The summed E-state index contributed by atoms with van der Waals surface area (Å²) in [5.41, 5.74) is 1.40. The fourth-order valence-corrected chi connectivity index (χ4v) is 1.47. The first kappa shape index (κ1) is 9.31. The van der Waals surface area contributed by atoms with Gasteiger partial charge < -0.3 is 0 Å². The molecule has 0 saturated carbocycles. The molecule has 0 nitrogen and oxygen atoms in total. The third kappa shape index (κ3) is 2.69. The molecule has 0 fully saturated rings. The molecule has 1 unspecified atom stereocenters. The first-order valence-electron chi connectivity index (χ1n) is 4.85. The lowest BCUT2D eigenvalue weighted by Gasteiger charge is -2.15. The van der Waals surface area contributed by atoms with Crippen LogP contribution in [0.1, 0.15) is 32.6 Å². The van der Waals surface area contributed by atoms with Crippen LogP contribution in [0.3, 0.4) is 0 Å². The van der Waals surface area contributed by atoms with Crippen LogP contribution in [0.15, 0.2) is 36.5 Å². The lowest BCUT2D eigenvalue weighted by Crippen LogP contribution is -2.00. The Morgan fingerprint density at radius 3 is 2.92 bits per heavy atom. The minimum atomic E-state index is 0.613. The molecule has 0 saturated heterocycles. The van der Waals surface area contributed by atoms with Crippen molar-refractivity contribution >= 4 is 0 Å². The number of rotatable bonds is 4. The maximum Gasteiger partial charge on any atom is 0.00118 e. The van der Waals surface area contributed by atoms with Gasteiger partial charge in [0.2, 0.25) is 0 Å². The molecule has 12 heavy (non-hydrogen) atoms. The Morgan fingerprint density at radius 1 is 1.50 bits per heavy atom. The molecule has 0 bridgehead atoms. The SMILES string of the molecule is C=C(CCCC)C1C=CC=CC1. The Hall–Kier alpha value is -0.780. The molecule has 0 aromatic rings. The van der Waals surface area contributed by atoms with Gasteiger partial charge >= 0.3 is 0 Å². The van der Waals surface area contributed by atoms with Crippen molar-refractivity contribution in [2.24, 2.45) is 5.92 Å². The molecule has 66 valence electrons. The van der Waals surface area contributed by atoms with Crippen molar-refractivity contribution in [2.75, 3.05) is 0 Å². The van der Waals surface area contributed by atoms with Crippen LogP contribution in [0.4, 0.5) is 0 Å². The minimum absolute atomic E-state index is 0.613. The summed E-state index contributed by atoms with van der Waals surface area (Å²) in [4.78, 5) is 0. The van der Waals surface area contributed by atoms with E-state index in [-0.39, 0.29) is 0 Å². The van der Waals surface area contributed by atoms with Gasteiger partial charge in [0.15, 0.2) is 0 Å². The highest BCUT2D eigenvalue weighted by Gasteiger charge is 2.08. The average molecular weight is 162 g/mol. The van der Waals surface area contributed by atoms with Gasteiger partial charge in [-0.25, -0.2) is 0 Å². The van der Waals surface area contributed by atoms with Crippen LogP contribution >= 0.6 is 0 Å². The molecule has 0 spiro atoms. The molecule has 0 heterocycles. The monoisotopic (exact) mass is 162 g/mol. The summed E-state index contributed by atoms with van der Waals surface area (Å²) in [7, 11) is 0. The van der Waals surface area contributed by atoms with Crippen LogP contribution in [0.2, 0.25) is 0 Å². The van der Waals surface area contributed by atoms with E-state index in [9.17, 15) is 0 Å². The summed E-state index contributed by atoms with van der Waals surface area (Å²) < 4.78 is 0. The molecule has 0 amide bonds. The van der Waals surface area contributed by atoms with Gasteiger partial charge in [-0.3, -0.25) is 0 Å². The first-order valence-corrected chi connectivity index (χ1v) is 4.85. The highest BCUT2D eigenvalue weighted by molar-refractivity contribution is 5.19. The molecular weight excluding hydrogens is 144 g/mol. The summed E-state index contributed by atoms with van der Waals surface area (Å²) in [5.74, 6) is 0.613. The van der Waals surface area contributed by atoms with Crippen LogP contribution in [-0.4, -0.2) is 0 Å². The van der Waals surface area contributed by atoms with Crippen molar-refractivity contribution < 1.29 is 0 Å². The summed E-state index contributed by atoms with van der Waals surface area (Å²) in [6.45, 7) is 6.36. The number of hydrogen-bond acceptors (Lipinski definition) is 0. The molecule has 0 aromatic heterocycles. The normalized spacial score (nSPS) is 21.2. The van der Waals surface area contributed by atoms with E-state index >= 15 is 0 Å². The molecule has 0 heteroatoms. The van der Waals surface area contributed by atoms with E-state index in [1.54, 1.807) is 0 Å². The molecule has 1 rings (SSSR count). The van der Waals surface area contributed by atoms with Crippen LogP contribution in [0.25, 0.3) is 0 Å². The summed E-state index contributed by atoms with van der Waals surface area (Å²) in [5, 5.41) is 0. The van der Waals surface area contributed by atoms with Gasteiger partial charge in [0.25, 0.3) is 0 Å². The van der Waals surface area contributed by atoms with Crippen LogP contribution in [-0.2, 0) is 0 Å². The average Bonchev–Trinajstić information content (AvgIpc) is 2.15. The highest BCUT2D eigenvalue weighted by atomic mass is 14.1. The van der Waals surface area contributed by atoms with Gasteiger partial charge in [-0.2, -0.15) is 0 Å². The van der Waals surface area contributed by atoms with Crippen LogP contribution in [0, 0.1) is 5.92 Å². The number of allylic oxidation sites excluding steroid dienone is 5. The molecule has 0 aliphatic heterocycles. The Kier molecular flexibility index (Phi) is 3.86. The van der Waals surface area contributed by atoms with Gasteiger partial charge in [0, 0.05) is 5.92 Å². The quantitative estimate of drug-likeness (QED) is 0.550. The van der Waals surface area contributed by atoms with E-state index in [1.807, 2.05) is 0 Å². The summed E-state index contributed by atoms with van der Waals surface area (Å²) in [6, 6.07) is 0. The Bertz CT molecular complexity index is 196. The van der Waals surface area contributed by atoms with Crippen molar-refractivity contribution in [1.29, 1.82) is 0 Å². The van der Waals surface area contributed by atoms with E-state index in [2.05, 4.69) is 37.8 Å². The lowest BCUT2D eigenvalue weighted by molar-refractivity contribution is 0.680. The van der Waals surface area contributed by atoms with Gasteiger partial charge in [0.1, 0.15) is 0 Å². The number of hydrogen-bond donors (Lipinski definition) is 0. The zero-order valence-electron chi connectivity index (χ0n) is 7.92. The maximum absolute atomic E-state index is 4.13. The summed E-state index contributed by atoms with van der Waals surface area (Å²) in [6.07, 6.45) is 13.6. The molecule has 0 aromatic carbocycles. The largest absolute Gasteiger partial charge is 0.0993 e. The highest BCUT2D eigenvalue weighted by Crippen LogP contribution is 2.23. The predicted molar refractivity (Wildman–Crippen MR) is 55.1 cm³/mol. The lowest BCUT2D eigenvalue weighted by atomic mass is 9.90. The molecule has 0 radical (unpaired) electrons. The standard InChI is InChI=1S/C12H18/c1-3-4-8-11(2)12-9-6-5-7-10-12/h5-7,9,12H,2-4,8,10H2,1H3. The van der Waals surface area contributed by atoms with Crippen LogP contribution < -0.4 is 0 Å². The summed E-state index contributed by atoms with van der Waals surface area (Å²) >= 11 is 0. The molecule has 1 aliphatic carbocycles. The fourth-order valence-electron chi connectivity index (χ4n) is 1.47.